The fourth-order valence-corrected chi connectivity index (χ4v) is 6.74. The number of hydrogen-bond donors (Lipinski definition) is 0. The third-order valence-corrected chi connectivity index (χ3v) is 8.62. The van der Waals surface area contributed by atoms with Gasteiger partial charge in [-0.05, 0) is 84.2 Å². The predicted octanol–water partition coefficient (Wildman–Crippen LogP) is 11.5. The summed E-state index contributed by atoms with van der Waals surface area (Å²) in [6, 6.07) is 52.6. The van der Waals surface area contributed by atoms with Crippen LogP contribution >= 0.6 is 0 Å². The van der Waals surface area contributed by atoms with Crippen molar-refractivity contribution in [1.29, 1.82) is 0 Å². The first-order valence-electron chi connectivity index (χ1n) is 14.1. The zero-order valence-corrected chi connectivity index (χ0v) is 22.3. The monoisotopic (exact) mass is 520 g/mol. The molecule has 0 spiro atoms. The summed E-state index contributed by atoms with van der Waals surface area (Å²) >= 11 is 0. The van der Waals surface area contributed by atoms with E-state index in [4.69, 9.17) is 4.42 Å². The molecule has 0 saturated carbocycles. The lowest BCUT2D eigenvalue weighted by Crippen LogP contribution is -1.89. The Hall–Kier alpha value is -5.40. The van der Waals surface area contributed by atoms with Crippen molar-refractivity contribution in [2.45, 2.75) is 0 Å². The van der Waals surface area contributed by atoms with Crippen LogP contribution in [0.15, 0.2) is 150 Å². The van der Waals surface area contributed by atoms with Gasteiger partial charge in [-0.15, -0.1) is 0 Å². The Labute approximate surface area is 236 Å². The minimum absolute atomic E-state index is 0.917. The third-order valence-electron chi connectivity index (χ3n) is 8.62. The highest BCUT2D eigenvalue weighted by molar-refractivity contribution is 6.26. The topological polar surface area (TPSA) is 13.1 Å². The SMILES string of the molecule is c1ccc(-c2ccc3c(-c4cccc5oc6c7ccccc7ccc6c45)c4ccc5ccccc5c4cc3c2)cc1. The van der Waals surface area contributed by atoms with E-state index in [1.165, 1.54) is 65.3 Å². The van der Waals surface area contributed by atoms with E-state index in [0.717, 1.165) is 21.9 Å². The van der Waals surface area contributed by atoms with Crippen molar-refractivity contribution in [2.75, 3.05) is 0 Å². The maximum atomic E-state index is 6.60. The van der Waals surface area contributed by atoms with Gasteiger partial charge in [0.15, 0.2) is 0 Å². The van der Waals surface area contributed by atoms with Crippen molar-refractivity contribution in [3.63, 3.8) is 0 Å². The summed E-state index contributed by atoms with van der Waals surface area (Å²) < 4.78 is 6.60. The van der Waals surface area contributed by atoms with Crippen LogP contribution in [0.3, 0.4) is 0 Å². The lowest BCUT2D eigenvalue weighted by molar-refractivity contribution is 0.673. The van der Waals surface area contributed by atoms with Crippen LogP contribution in [0.25, 0.3) is 87.3 Å². The number of benzene rings is 8. The van der Waals surface area contributed by atoms with Gasteiger partial charge in [-0.1, -0.05) is 121 Å². The highest BCUT2D eigenvalue weighted by Crippen LogP contribution is 2.45. The second-order valence-electron chi connectivity index (χ2n) is 10.9. The quantitative estimate of drug-likeness (QED) is 0.163. The molecule has 0 unspecified atom stereocenters. The molecule has 41 heavy (non-hydrogen) atoms. The maximum Gasteiger partial charge on any atom is 0.143 e. The number of rotatable bonds is 2. The average Bonchev–Trinajstić information content (AvgIpc) is 3.43. The van der Waals surface area contributed by atoms with Crippen LogP contribution in [-0.2, 0) is 0 Å². The Morgan fingerprint density at radius 1 is 0.366 bits per heavy atom. The molecule has 9 aromatic rings. The molecule has 0 aliphatic rings. The maximum absolute atomic E-state index is 6.60. The molecule has 0 aliphatic heterocycles. The van der Waals surface area contributed by atoms with E-state index in [9.17, 15) is 0 Å². The summed E-state index contributed by atoms with van der Waals surface area (Å²) in [7, 11) is 0. The van der Waals surface area contributed by atoms with Gasteiger partial charge in [0.2, 0.25) is 0 Å². The second kappa shape index (κ2) is 8.55. The first kappa shape index (κ1) is 22.4. The standard InChI is InChI=1S/C40H24O/c1-2-9-25(10-3-1)28-19-20-31-29(23-28)24-36-30-13-6-4-11-26(30)17-21-33(36)38(31)34-15-8-16-37-39(34)35-22-18-27-12-5-7-14-32(27)40(35)41-37/h1-24H. The van der Waals surface area contributed by atoms with Gasteiger partial charge in [0, 0.05) is 16.2 Å². The van der Waals surface area contributed by atoms with Gasteiger partial charge in [0.05, 0.1) is 0 Å². The smallest absolute Gasteiger partial charge is 0.143 e. The molecule has 8 aromatic carbocycles. The van der Waals surface area contributed by atoms with Crippen molar-refractivity contribution < 1.29 is 4.42 Å². The van der Waals surface area contributed by atoms with Crippen molar-refractivity contribution in [3.8, 4) is 22.3 Å². The van der Waals surface area contributed by atoms with Crippen molar-refractivity contribution in [3.05, 3.63) is 146 Å². The third kappa shape index (κ3) is 3.30. The molecule has 190 valence electrons. The Balaban J connectivity index is 1.45. The number of fused-ring (bicyclic) bond motifs is 9. The molecular formula is C40H24O. The van der Waals surface area contributed by atoms with Gasteiger partial charge >= 0.3 is 0 Å². The van der Waals surface area contributed by atoms with E-state index in [2.05, 4.69) is 146 Å². The second-order valence-corrected chi connectivity index (χ2v) is 10.9. The van der Waals surface area contributed by atoms with Gasteiger partial charge in [0.25, 0.3) is 0 Å². The van der Waals surface area contributed by atoms with Crippen LogP contribution in [0.4, 0.5) is 0 Å². The first-order valence-corrected chi connectivity index (χ1v) is 14.1. The largest absolute Gasteiger partial charge is 0.455 e. The van der Waals surface area contributed by atoms with Crippen molar-refractivity contribution in [2.24, 2.45) is 0 Å². The highest BCUT2D eigenvalue weighted by Gasteiger charge is 2.19. The fourth-order valence-electron chi connectivity index (χ4n) is 6.74. The normalized spacial score (nSPS) is 11.9. The van der Waals surface area contributed by atoms with Crippen LogP contribution in [0.5, 0.6) is 0 Å². The van der Waals surface area contributed by atoms with E-state index >= 15 is 0 Å². The van der Waals surface area contributed by atoms with Crippen LogP contribution in [0.2, 0.25) is 0 Å². The molecule has 0 N–H and O–H groups in total. The van der Waals surface area contributed by atoms with Crippen molar-refractivity contribution in [1.82, 2.24) is 0 Å². The molecule has 1 heterocycles. The molecular weight excluding hydrogens is 496 g/mol. The number of furan rings is 1. The zero-order valence-electron chi connectivity index (χ0n) is 22.3. The Morgan fingerprint density at radius 3 is 1.93 bits per heavy atom. The minimum atomic E-state index is 0.917. The van der Waals surface area contributed by atoms with E-state index in [1.54, 1.807) is 0 Å². The van der Waals surface area contributed by atoms with E-state index in [1.807, 2.05) is 0 Å². The number of hydrogen-bond acceptors (Lipinski definition) is 1. The van der Waals surface area contributed by atoms with Crippen LogP contribution in [-0.4, -0.2) is 0 Å². The first-order chi connectivity index (χ1) is 20.3. The van der Waals surface area contributed by atoms with Crippen LogP contribution in [0.1, 0.15) is 0 Å². The molecule has 0 radical (unpaired) electrons. The summed E-state index contributed by atoms with van der Waals surface area (Å²) in [5.74, 6) is 0. The lowest BCUT2D eigenvalue weighted by Gasteiger charge is -2.16. The Morgan fingerprint density at radius 2 is 1.07 bits per heavy atom. The molecule has 0 saturated heterocycles. The molecule has 0 fully saturated rings. The summed E-state index contributed by atoms with van der Waals surface area (Å²) in [4.78, 5) is 0. The summed E-state index contributed by atoms with van der Waals surface area (Å²) in [6.07, 6.45) is 0. The lowest BCUT2D eigenvalue weighted by atomic mass is 9.87. The molecule has 0 aliphatic carbocycles. The minimum Gasteiger partial charge on any atom is -0.455 e. The van der Waals surface area contributed by atoms with Crippen molar-refractivity contribution >= 4 is 65.0 Å². The van der Waals surface area contributed by atoms with Gasteiger partial charge in [-0.25, -0.2) is 0 Å². The summed E-state index contributed by atoms with van der Waals surface area (Å²) in [5, 5.41) is 12.2. The Kier molecular flexibility index (Phi) is 4.67. The zero-order chi connectivity index (χ0) is 26.9. The average molecular weight is 521 g/mol. The van der Waals surface area contributed by atoms with Crippen LogP contribution in [0, 0.1) is 0 Å². The van der Waals surface area contributed by atoms with Gasteiger partial charge in [-0.3, -0.25) is 0 Å². The van der Waals surface area contributed by atoms with Gasteiger partial charge in [0.1, 0.15) is 11.2 Å². The molecule has 0 bridgehead atoms. The highest BCUT2D eigenvalue weighted by atomic mass is 16.3. The summed E-state index contributed by atoms with van der Waals surface area (Å²) in [5.41, 5.74) is 6.78. The van der Waals surface area contributed by atoms with Gasteiger partial charge in [-0.2, -0.15) is 0 Å². The Bertz CT molecular complexity index is 2460. The van der Waals surface area contributed by atoms with Crippen LogP contribution < -0.4 is 0 Å². The molecule has 0 amide bonds. The molecule has 1 aromatic heterocycles. The molecule has 1 nitrogen and oxygen atoms in total. The fraction of sp³-hybridized carbons (Fsp3) is 0. The van der Waals surface area contributed by atoms with E-state index < -0.39 is 0 Å². The summed E-state index contributed by atoms with van der Waals surface area (Å²) in [6.45, 7) is 0. The van der Waals surface area contributed by atoms with E-state index in [-0.39, 0.29) is 0 Å². The molecule has 0 atom stereocenters. The molecule has 9 rings (SSSR count). The van der Waals surface area contributed by atoms with Gasteiger partial charge < -0.3 is 4.42 Å². The predicted molar refractivity (Wildman–Crippen MR) is 175 cm³/mol. The molecule has 1 heteroatoms. The van der Waals surface area contributed by atoms with E-state index in [0.29, 0.717) is 0 Å².